The number of carbonyl (C=O) groups is 2. The van der Waals surface area contributed by atoms with E-state index in [9.17, 15) is 22.8 Å². The second kappa shape index (κ2) is 8.17. The Bertz CT molecular complexity index is 1040. The van der Waals surface area contributed by atoms with Crippen molar-refractivity contribution in [2.45, 2.75) is 13.1 Å². The number of halogens is 4. The molecule has 10 heteroatoms. The molecule has 150 valence electrons. The highest BCUT2D eigenvalue weighted by Crippen LogP contribution is 2.33. The Hall–Kier alpha value is -2.36. The van der Waals surface area contributed by atoms with Crippen LogP contribution in [0.2, 0.25) is 5.02 Å². The van der Waals surface area contributed by atoms with E-state index < -0.39 is 23.6 Å². The zero-order chi connectivity index (χ0) is 21.3. The summed E-state index contributed by atoms with van der Waals surface area (Å²) >= 11 is 12.1. The number of benzene rings is 2. The Morgan fingerprint density at radius 2 is 1.86 bits per heavy atom. The van der Waals surface area contributed by atoms with Crippen LogP contribution in [0.25, 0.3) is 6.08 Å². The van der Waals surface area contributed by atoms with E-state index in [0.29, 0.717) is 5.56 Å². The highest BCUT2D eigenvalue weighted by atomic mass is 35.5. The molecule has 4 nitrogen and oxygen atoms in total. The Morgan fingerprint density at radius 1 is 1.21 bits per heavy atom. The molecule has 2 aromatic carbocycles. The summed E-state index contributed by atoms with van der Waals surface area (Å²) in [7, 11) is 0. The van der Waals surface area contributed by atoms with Gasteiger partial charge < -0.3 is 0 Å². The molecule has 0 bridgehead atoms. The van der Waals surface area contributed by atoms with Crippen LogP contribution >= 0.6 is 35.6 Å². The third-order valence-corrected chi connectivity index (χ3v) is 5.53. The van der Waals surface area contributed by atoms with Gasteiger partial charge in [0.15, 0.2) is 4.32 Å². The molecule has 1 fully saturated rings. The van der Waals surface area contributed by atoms with Crippen molar-refractivity contribution < 1.29 is 22.8 Å². The minimum atomic E-state index is -4.44. The van der Waals surface area contributed by atoms with Gasteiger partial charge in [0.1, 0.15) is 0 Å². The molecule has 1 N–H and O–H groups in total. The molecule has 0 aromatic heterocycles. The van der Waals surface area contributed by atoms with Crippen molar-refractivity contribution >= 4 is 57.8 Å². The molecule has 29 heavy (non-hydrogen) atoms. The molecular formula is C19H12ClF3N2O2S2. The monoisotopic (exact) mass is 456 g/mol. The second-order valence-corrected chi connectivity index (χ2v) is 8.14. The van der Waals surface area contributed by atoms with E-state index in [1.807, 2.05) is 6.92 Å². The Kier molecular flexibility index (Phi) is 6.02. The predicted octanol–water partition coefficient (Wildman–Crippen LogP) is 5.21. The Morgan fingerprint density at radius 3 is 2.45 bits per heavy atom. The third-order valence-electron chi connectivity index (χ3n) is 3.91. The molecule has 2 aromatic rings. The van der Waals surface area contributed by atoms with E-state index >= 15 is 0 Å². The summed E-state index contributed by atoms with van der Waals surface area (Å²) < 4.78 is 38.0. The van der Waals surface area contributed by atoms with Crippen molar-refractivity contribution in [3.63, 3.8) is 0 Å². The maximum Gasteiger partial charge on any atom is 0.416 e. The van der Waals surface area contributed by atoms with E-state index in [1.165, 1.54) is 24.3 Å². The van der Waals surface area contributed by atoms with Gasteiger partial charge in [0.25, 0.3) is 11.8 Å². The maximum atomic E-state index is 12.7. The minimum Gasteiger partial charge on any atom is -0.267 e. The maximum absolute atomic E-state index is 12.7. The molecule has 0 atom stereocenters. The largest absolute Gasteiger partial charge is 0.416 e. The third kappa shape index (κ3) is 4.80. The van der Waals surface area contributed by atoms with Crippen LogP contribution < -0.4 is 5.43 Å². The van der Waals surface area contributed by atoms with Crippen LogP contribution in [-0.2, 0) is 11.0 Å². The summed E-state index contributed by atoms with van der Waals surface area (Å²) in [6, 6.07) is 9.20. The predicted molar refractivity (Wildman–Crippen MR) is 110 cm³/mol. The fourth-order valence-corrected chi connectivity index (χ4v) is 3.95. The van der Waals surface area contributed by atoms with Crippen molar-refractivity contribution in [2.75, 3.05) is 0 Å². The number of aryl methyl sites for hydroxylation is 1. The molecule has 0 aliphatic carbocycles. The number of thiocarbonyl (C=S) groups is 1. The SMILES string of the molecule is Cc1ccc(C(=O)NN2C(=O)/C(=C/c3ccc(C(F)(F)F)cc3)SC2=S)c(Cl)c1. The highest BCUT2D eigenvalue weighted by Gasteiger charge is 2.34. The topological polar surface area (TPSA) is 49.4 Å². The smallest absolute Gasteiger partial charge is 0.267 e. The average molecular weight is 457 g/mol. The summed E-state index contributed by atoms with van der Waals surface area (Å²) in [6.07, 6.45) is -3.03. The van der Waals surface area contributed by atoms with Crippen molar-refractivity contribution in [3.8, 4) is 0 Å². The number of alkyl halides is 3. The normalized spacial score (nSPS) is 15.9. The zero-order valence-corrected chi connectivity index (χ0v) is 17.1. The van der Waals surface area contributed by atoms with E-state index in [0.717, 1.165) is 34.5 Å². The lowest BCUT2D eigenvalue weighted by molar-refractivity contribution is -0.137. The quantitative estimate of drug-likeness (QED) is 0.508. The van der Waals surface area contributed by atoms with Gasteiger partial charge in [-0.2, -0.15) is 18.2 Å². The van der Waals surface area contributed by atoms with Gasteiger partial charge in [-0.25, -0.2) is 0 Å². The van der Waals surface area contributed by atoms with Crippen LogP contribution in [0.3, 0.4) is 0 Å². The number of nitrogens with zero attached hydrogens (tertiary/aromatic N) is 1. The van der Waals surface area contributed by atoms with E-state index in [2.05, 4.69) is 5.43 Å². The zero-order valence-electron chi connectivity index (χ0n) is 14.7. The van der Waals surface area contributed by atoms with Crippen LogP contribution in [-0.4, -0.2) is 21.1 Å². The van der Waals surface area contributed by atoms with Crippen LogP contribution in [0.5, 0.6) is 0 Å². The molecule has 1 aliphatic heterocycles. The number of hydrogen-bond acceptors (Lipinski definition) is 4. The molecule has 0 spiro atoms. The molecule has 1 heterocycles. The van der Waals surface area contributed by atoms with Crippen LogP contribution in [0.1, 0.15) is 27.0 Å². The standard InChI is InChI=1S/C19H12ClF3N2O2S2/c1-10-2-7-13(14(20)8-10)16(26)24-25-17(27)15(29-18(25)28)9-11-3-5-12(6-4-11)19(21,22)23/h2-9H,1H3,(H,24,26)/b15-9-. The minimum absolute atomic E-state index is 0.0877. The number of hydrogen-bond donors (Lipinski definition) is 1. The van der Waals surface area contributed by atoms with Crippen LogP contribution in [0, 0.1) is 6.92 Å². The lowest BCUT2D eigenvalue weighted by Crippen LogP contribution is -2.44. The fraction of sp³-hybridized carbons (Fsp3) is 0.105. The molecule has 1 aliphatic rings. The Balaban J connectivity index is 1.77. The molecular weight excluding hydrogens is 445 g/mol. The summed E-state index contributed by atoms with van der Waals surface area (Å²) in [5.74, 6) is -1.20. The van der Waals surface area contributed by atoms with Gasteiger partial charge in [-0.05, 0) is 60.6 Å². The Labute approximate surface area is 178 Å². The van der Waals surface area contributed by atoms with E-state index in [1.54, 1.807) is 12.1 Å². The van der Waals surface area contributed by atoms with Gasteiger partial charge in [0.05, 0.1) is 21.1 Å². The lowest BCUT2D eigenvalue weighted by atomic mass is 10.1. The van der Waals surface area contributed by atoms with Crippen molar-refractivity contribution in [2.24, 2.45) is 0 Å². The van der Waals surface area contributed by atoms with Crippen LogP contribution in [0.15, 0.2) is 47.4 Å². The first-order chi connectivity index (χ1) is 13.6. The molecule has 1 saturated heterocycles. The number of rotatable bonds is 3. The van der Waals surface area contributed by atoms with Gasteiger partial charge >= 0.3 is 6.18 Å². The van der Waals surface area contributed by atoms with Gasteiger partial charge in [-0.15, -0.1) is 0 Å². The lowest BCUT2D eigenvalue weighted by Gasteiger charge is -2.16. The van der Waals surface area contributed by atoms with Gasteiger partial charge in [0.2, 0.25) is 0 Å². The summed E-state index contributed by atoms with van der Waals surface area (Å²) in [6.45, 7) is 1.82. The number of amides is 2. The first kappa shape index (κ1) is 21.4. The summed E-state index contributed by atoms with van der Waals surface area (Å²) in [5, 5.41) is 1.14. The summed E-state index contributed by atoms with van der Waals surface area (Å²) in [5.41, 5.74) is 3.07. The summed E-state index contributed by atoms with van der Waals surface area (Å²) in [4.78, 5) is 25.2. The van der Waals surface area contributed by atoms with Crippen molar-refractivity contribution in [3.05, 3.63) is 74.6 Å². The molecule has 3 rings (SSSR count). The molecule has 0 unspecified atom stereocenters. The van der Waals surface area contributed by atoms with E-state index in [4.69, 9.17) is 23.8 Å². The average Bonchev–Trinajstić information content (AvgIpc) is 2.88. The van der Waals surface area contributed by atoms with Gasteiger partial charge in [-0.3, -0.25) is 15.0 Å². The van der Waals surface area contributed by atoms with Gasteiger partial charge in [-0.1, -0.05) is 41.6 Å². The molecule has 2 amide bonds. The first-order valence-electron chi connectivity index (χ1n) is 8.08. The van der Waals surface area contributed by atoms with E-state index in [-0.39, 0.29) is 19.8 Å². The molecule has 0 saturated carbocycles. The van der Waals surface area contributed by atoms with Gasteiger partial charge in [0, 0.05) is 0 Å². The first-order valence-corrected chi connectivity index (χ1v) is 9.69. The molecule has 0 radical (unpaired) electrons. The van der Waals surface area contributed by atoms with Crippen molar-refractivity contribution in [1.82, 2.24) is 10.4 Å². The second-order valence-electron chi connectivity index (χ2n) is 6.06. The van der Waals surface area contributed by atoms with Crippen molar-refractivity contribution in [1.29, 1.82) is 0 Å². The number of thioether (sulfide) groups is 1. The number of carbonyl (C=O) groups excluding carboxylic acids is 2. The van der Waals surface area contributed by atoms with Crippen LogP contribution in [0.4, 0.5) is 13.2 Å². The number of hydrazine groups is 1. The highest BCUT2D eigenvalue weighted by molar-refractivity contribution is 8.26. The fourth-order valence-electron chi connectivity index (χ4n) is 2.45. The number of nitrogens with one attached hydrogen (secondary N) is 1.